The van der Waals surface area contributed by atoms with Crippen LogP contribution in [0.3, 0.4) is 0 Å². The highest BCUT2D eigenvalue weighted by molar-refractivity contribution is 7.22. The first-order valence-electron chi connectivity index (χ1n) is 7.83. The molecule has 1 aliphatic rings. The number of carbonyl (C=O) groups excluding carboxylic acids is 2. The van der Waals surface area contributed by atoms with E-state index in [-0.39, 0.29) is 11.8 Å². The number of halogens is 1. The van der Waals surface area contributed by atoms with Crippen LogP contribution in [-0.4, -0.2) is 34.3 Å². The van der Waals surface area contributed by atoms with Gasteiger partial charge in [0.2, 0.25) is 5.91 Å². The van der Waals surface area contributed by atoms with Crippen LogP contribution >= 0.6 is 34.3 Å². The molecule has 0 aliphatic carbocycles. The number of likely N-dealkylation sites (tertiary alicyclic amines) is 1. The van der Waals surface area contributed by atoms with E-state index in [1.54, 1.807) is 17.0 Å². The Morgan fingerprint density at radius 1 is 1.32 bits per heavy atom. The van der Waals surface area contributed by atoms with Gasteiger partial charge >= 0.3 is 0 Å². The van der Waals surface area contributed by atoms with Gasteiger partial charge in [0.1, 0.15) is 6.04 Å². The zero-order valence-electron chi connectivity index (χ0n) is 13.1. The van der Waals surface area contributed by atoms with Crippen molar-refractivity contribution >= 4 is 61.4 Å². The Morgan fingerprint density at radius 2 is 2.20 bits per heavy atom. The number of amides is 2. The number of thiophene rings is 1. The molecule has 1 saturated heterocycles. The van der Waals surface area contributed by atoms with Gasteiger partial charge in [-0.05, 0) is 42.5 Å². The standard InChI is InChI=1S/C17H14ClN3O2S2/c18-10-5-6-11-14(9-10)25-17(19-11)20-15(22)12-3-1-7-21(12)16(23)13-4-2-8-24-13/h2,4-6,8-9,12H,1,3,7H2,(H,19,20,22)/t12-/m1/s1. The van der Waals surface area contributed by atoms with E-state index in [0.717, 1.165) is 16.6 Å². The van der Waals surface area contributed by atoms with Crippen LogP contribution < -0.4 is 5.32 Å². The Hall–Kier alpha value is -1.96. The fourth-order valence-electron chi connectivity index (χ4n) is 2.96. The number of rotatable bonds is 3. The van der Waals surface area contributed by atoms with Crippen LogP contribution in [0.4, 0.5) is 5.13 Å². The van der Waals surface area contributed by atoms with Crippen LogP contribution in [0.15, 0.2) is 35.7 Å². The molecule has 3 heterocycles. The molecule has 5 nitrogen and oxygen atoms in total. The Kier molecular flexibility index (Phi) is 4.45. The van der Waals surface area contributed by atoms with E-state index in [1.165, 1.54) is 22.7 Å². The molecule has 2 amide bonds. The topological polar surface area (TPSA) is 62.3 Å². The molecule has 4 rings (SSSR count). The normalized spacial score (nSPS) is 17.2. The molecule has 1 aliphatic heterocycles. The maximum absolute atomic E-state index is 12.7. The van der Waals surface area contributed by atoms with Gasteiger partial charge in [-0.2, -0.15) is 0 Å². The number of hydrogen-bond donors (Lipinski definition) is 1. The molecule has 1 fully saturated rings. The molecule has 3 aromatic rings. The summed E-state index contributed by atoms with van der Waals surface area (Å²) in [5, 5.41) is 5.89. The summed E-state index contributed by atoms with van der Waals surface area (Å²) in [6, 6.07) is 8.60. The third-order valence-corrected chi connectivity index (χ3v) is 6.16. The fraction of sp³-hybridized carbons (Fsp3) is 0.235. The summed E-state index contributed by atoms with van der Waals surface area (Å²) < 4.78 is 0.917. The van der Waals surface area contributed by atoms with Crippen molar-refractivity contribution in [2.24, 2.45) is 0 Å². The number of anilines is 1. The second kappa shape index (κ2) is 6.74. The number of thiazole rings is 1. The van der Waals surface area contributed by atoms with Crippen LogP contribution in [0.1, 0.15) is 22.5 Å². The lowest BCUT2D eigenvalue weighted by Crippen LogP contribution is -2.42. The largest absolute Gasteiger partial charge is 0.326 e. The summed E-state index contributed by atoms with van der Waals surface area (Å²) in [7, 11) is 0. The molecule has 128 valence electrons. The number of aromatic nitrogens is 1. The molecule has 2 aromatic heterocycles. The predicted octanol–water partition coefficient (Wildman–Crippen LogP) is 4.25. The fourth-order valence-corrected chi connectivity index (χ4v) is 4.79. The first kappa shape index (κ1) is 16.5. The molecule has 0 spiro atoms. The van der Waals surface area contributed by atoms with Gasteiger partial charge in [-0.3, -0.25) is 9.59 Å². The van der Waals surface area contributed by atoms with Gasteiger partial charge < -0.3 is 10.2 Å². The molecule has 0 radical (unpaired) electrons. The van der Waals surface area contributed by atoms with Gasteiger partial charge in [-0.1, -0.05) is 29.0 Å². The first-order valence-corrected chi connectivity index (χ1v) is 9.90. The van der Waals surface area contributed by atoms with E-state index in [4.69, 9.17) is 11.6 Å². The van der Waals surface area contributed by atoms with Crippen molar-refractivity contribution in [2.75, 3.05) is 11.9 Å². The lowest BCUT2D eigenvalue weighted by molar-refractivity contribution is -0.119. The minimum absolute atomic E-state index is 0.0799. The van der Waals surface area contributed by atoms with Gasteiger partial charge in [0.05, 0.1) is 15.1 Å². The van der Waals surface area contributed by atoms with Gasteiger partial charge in [-0.15, -0.1) is 11.3 Å². The Balaban J connectivity index is 1.52. The molecular weight excluding hydrogens is 378 g/mol. The minimum Gasteiger partial charge on any atom is -0.326 e. The summed E-state index contributed by atoms with van der Waals surface area (Å²) in [6.45, 7) is 0.601. The number of carbonyl (C=O) groups is 2. The molecule has 1 N–H and O–H groups in total. The molecule has 0 unspecified atom stereocenters. The monoisotopic (exact) mass is 391 g/mol. The number of hydrogen-bond acceptors (Lipinski definition) is 5. The highest BCUT2D eigenvalue weighted by Gasteiger charge is 2.35. The average molecular weight is 392 g/mol. The maximum atomic E-state index is 12.7. The zero-order chi connectivity index (χ0) is 17.4. The highest BCUT2D eigenvalue weighted by atomic mass is 35.5. The van der Waals surface area contributed by atoms with E-state index in [0.29, 0.717) is 28.0 Å². The van der Waals surface area contributed by atoms with Gasteiger partial charge in [-0.25, -0.2) is 4.98 Å². The second-order valence-corrected chi connectivity index (χ2v) is 8.17. The lowest BCUT2D eigenvalue weighted by Gasteiger charge is -2.22. The SMILES string of the molecule is O=C(Nc1nc2ccc(Cl)cc2s1)[C@H]1CCCN1C(=O)c1cccs1. The summed E-state index contributed by atoms with van der Waals surface area (Å²) in [5.41, 5.74) is 0.794. The predicted molar refractivity (Wildman–Crippen MR) is 102 cm³/mol. The van der Waals surface area contributed by atoms with Gasteiger partial charge in [0.25, 0.3) is 5.91 Å². The third-order valence-electron chi connectivity index (χ3n) is 4.13. The van der Waals surface area contributed by atoms with E-state index >= 15 is 0 Å². The van der Waals surface area contributed by atoms with Crippen molar-refractivity contribution in [1.82, 2.24) is 9.88 Å². The molecular formula is C17H14ClN3O2S2. The van der Waals surface area contributed by atoms with Crippen molar-refractivity contribution in [2.45, 2.75) is 18.9 Å². The minimum atomic E-state index is -0.454. The van der Waals surface area contributed by atoms with Crippen LogP contribution in [0, 0.1) is 0 Å². The summed E-state index contributed by atoms with van der Waals surface area (Å²) in [5.74, 6) is -0.267. The molecule has 0 bridgehead atoms. The van der Waals surface area contributed by atoms with E-state index in [2.05, 4.69) is 10.3 Å². The van der Waals surface area contributed by atoms with Gasteiger partial charge in [0.15, 0.2) is 5.13 Å². The van der Waals surface area contributed by atoms with Crippen LogP contribution in [0.5, 0.6) is 0 Å². The van der Waals surface area contributed by atoms with Crippen LogP contribution in [0.25, 0.3) is 10.2 Å². The highest BCUT2D eigenvalue weighted by Crippen LogP contribution is 2.29. The Morgan fingerprint density at radius 3 is 3.00 bits per heavy atom. The number of benzene rings is 1. The second-order valence-electron chi connectivity index (χ2n) is 5.75. The Labute approximate surface area is 157 Å². The average Bonchev–Trinajstić information content (AvgIpc) is 3.33. The Bertz CT molecular complexity index is 939. The molecule has 1 aromatic carbocycles. The first-order chi connectivity index (χ1) is 12.1. The van der Waals surface area contributed by atoms with E-state index < -0.39 is 6.04 Å². The third kappa shape index (κ3) is 3.27. The maximum Gasteiger partial charge on any atom is 0.264 e. The van der Waals surface area contributed by atoms with Crippen molar-refractivity contribution in [3.63, 3.8) is 0 Å². The molecule has 8 heteroatoms. The summed E-state index contributed by atoms with van der Waals surface area (Å²) in [4.78, 5) is 32.0. The lowest BCUT2D eigenvalue weighted by atomic mass is 10.2. The van der Waals surface area contributed by atoms with Crippen LogP contribution in [-0.2, 0) is 4.79 Å². The number of nitrogens with one attached hydrogen (secondary N) is 1. The zero-order valence-corrected chi connectivity index (χ0v) is 15.5. The van der Waals surface area contributed by atoms with Crippen molar-refractivity contribution in [3.8, 4) is 0 Å². The van der Waals surface area contributed by atoms with Gasteiger partial charge in [0, 0.05) is 11.6 Å². The van der Waals surface area contributed by atoms with E-state index in [9.17, 15) is 9.59 Å². The summed E-state index contributed by atoms with van der Waals surface area (Å²) in [6.07, 6.45) is 1.49. The molecule has 0 saturated carbocycles. The van der Waals surface area contributed by atoms with Crippen LogP contribution in [0.2, 0.25) is 5.02 Å². The van der Waals surface area contributed by atoms with Crippen molar-refractivity contribution < 1.29 is 9.59 Å². The molecule has 25 heavy (non-hydrogen) atoms. The van der Waals surface area contributed by atoms with Crippen molar-refractivity contribution in [3.05, 3.63) is 45.6 Å². The summed E-state index contributed by atoms with van der Waals surface area (Å²) >= 11 is 8.76. The molecule has 1 atom stereocenters. The van der Waals surface area contributed by atoms with E-state index in [1.807, 2.05) is 23.6 Å². The number of fused-ring (bicyclic) bond motifs is 1. The quantitative estimate of drug-likeness (QED) is 0.725. The smallest absolute Gasteiger partial charge is 0.264 e. The number of nitrogens with zero attached hydrogens (tertiary/aromatic N) is 2. The van der Waals surface area contributed by atoms with Crippen molar-refractivity contribution in [1.29, 1.82) is 0 Å².